The van der Waals surface area contributed by atoms with Crippen LogP contribution in [0.3, 0.4) is 0 Å². The molecule has 0 radical (unpaired) electrons. The average Bonchev–Trinajstić information content (AvgIpc) is 3.03. The number of allylic oxidation sites excluding steroid dienone is 2. The number of fused-ring (bicyclic) bond motifs is 2. The van der Waals surface area contributed by atoms with Crippen LogP contribution in [0.4, 0.5) is 10.1 Å². The Labute approximate surface area is 129 Å². The first-order valence-electron chi connectivity index (χ1n) is 6.65. The molecule has 21 heavy (non-hydrogen) atoms. The number of para-hydroxylation sites is 1. The summed E-state index contributed by atoms with van der Waals surface area (Å²) in [6, 6.07) is 4.39. The molecule has 2 bridgehead atoms. The van der Waals surface area contributed by atoms with Gasteiger partial charge in [-0.05, 0) is 46.3 Å². The van der Waals surface area contributed by atoms with Crippen LogP contribution < -0.4 is 5.32 Å². The number of carbonyl (C=O) groups is 2. The molecule has 6 heteroatoms. The van der Waals surface area contributed by atoms with Gasteiger partial charge in [-0.25, -0.2) is 4.39 Å². The highest BCUT2D eigenvalue weighted by Gasteiger charge is 2.51. The lowest BCUT2D eigenvalue weighted by Gasteiger charge is -2.24. The highest BCUT2D eigenvalue weighted by atomic mass is 79.9. The van der Waals surface area contributed by atoms with Gasteiger partial charge in [0.2, 0.25) is 5.91 Å². The largest absolute Gasteiger partial charge is 0.481 e. The van der Waals surface area contributed by atoms with Crippen LogP contribution in [0.2, 0.25) is 0 Å². The first-order valence-corrected chi connectivity index (χ1v) is 7.44. The lowest BCUT2D eigenvalue weighted by molar-refractivity contribution is -0.146. The van der Waals surface area contributed by atoms with Crippen LogP contribution in [0.25, 0.3) is 0 Å². The maximum Gasteiger partial charge on any atom is 0.307 e. The summed E-state index contributed by atoms with van der Waals surface area (Å²) >= 11 is 3.18. The Hall–Kier alpha value is -1.69. The van der Waals surface area contributed by atoms with Crippen molar-refractivity contribution in [3.05, 3.63) is 40.6 Å². The number of amides is 1. The third kappa shape index (κ3) is 2.37. The number of halogens is 2. The molecule has 2 aliphatic carbocycles. The van der Waals surface area contributed by atoms with Crippen molar-refractivity contribution in [1.29, 1.82) is 0 Å². The monoisotopic (exact) mass is 353 g/mol. The number of rotatable bonds is 3. The van der Waals surface area contributed by atoms with Crippen molar-refractivity contribution in [3.8, 4) is 0 Å². The fourth-order valence-corrected chi connectivity index (χ4v) is 3.78. The quantitative estimate of drug-likeness (QED) is 0.820. The van der Waals surface area contributed by atoms with E-state index in [1.165, 1.54) is 12.1 Å². The number of hydrogen-bond acceptors (Lipinski definition) is 2. The zero-order valence-corrected chi connectivity index (χ0v) is 12.5. The van der Waals surface area contributed by atoms with E-state index in [-0.39, 0.29) is 17.5 Å². The topological polar surface area (TPSA) is 66.4 Å². The maximum absolute atomic E-state index is 13.8. The standard InChI is InChI=1S/C15H13BrFNO3/c16-9-2-1-3-10(17)13(9)18-14(19)11-7-4-5-8(6-7)12(11)15(20)21/h1-5,7-8,11-12H,6H2,(H,18,19)(H,20,21). The minimum Gasteiger partial charge on any atom is -0.481 e. The number of carboxylic acid groups (broad SMARTS) is 1. The van der Waals surface area contributed by atoms with Crippen molar-refractivity contribution in [2.75, 3.05) is 5.32 Å². The predicted molar refractivity (Wildman–Crippen MR) is 78.1 cm³/mol. The SMILES string of the molecule is O=C(O)C1C2C=CC(C2)C1C(=O)Nc1c(F)cccc1Br. The van der Waals surface area contributed by atoms with Gasteiger partial charge in [0, 0.05) is 4.47 Å². The van der Waals surface area contributed by atoms with E-state index in [0.717, 1.165) is 0 Å². The zero-order valence-electron chi connectivity index (χ0n) is 10.9. The normalized spacial score (nSPS) is 29.6. The van der Waals surface area contributed by atoms with Crippen LogP contribution in [0.1, 0.15) is 6.42 Å². The van der Waals surface area contributed by atoms with E-state index in [4.69, 9.17) is 0 Å². The van der Waals surface area contributed by atoms with Crippen molar-refractivity contribution in [3.63, 3.8) is 0 Å². The lowest BCUT2D eigenvalue weighted by atomic mass is 9.82. The molecule has 4 nitrogen and oxygen atoms in total. The van der Waals surface area contributed by atoms with Gasteiger partial charge in [0.15, 0.2) is 0 Å². The van der Waals surface area contributed by atoms with Crippen LogP contribution in [-0.2, 0) is 9.59 Å². The van der Waals surface area contributed by atoms with Gasteiger partial charge in [-0.2, -0.15) is 0 Å². The number of carbonyl (C=O) groups excluding carboxylic acids is 1. The molecular formula is C15H13BrFNO3. The van der Waals surface area contributed by atoms with Gasteiger partial charge >= 0.3 is 5.97 Å². The van der Waals surface area contributed by atoms with Gasteiger partial charge in [0.25, 0.3) is 0 Å². The summed E-state index contributed by atoms with van der Waals surface area (Å²) < 4.78 is 14.2. The van der Waals surface area contributed by atoms with Gasteiger partial charge < -0.3 is 10.4 Å². The second-order valence-corrected chi connectivity index (χ2v) is 6.28. The molecule has 1 saturated carbocycles. The van der Waals surface area contributed by atoms with Gasteiger partial charge in [-0.1, -0.05) is 18.2 Å². The molecule has 2 N–H and O–H groups in total. The van der Waals surface area contributed by atoms with Gasteiger partial charge in [0.1, 0.15) is 5.82 Å². The van der Waals surface area contributed by atoms with Gasteiger partial charge in [-0.15, -0.1) is 0 Å². The van der Waals surface area contributed by atoms with E-state index < -0.39 is 29.5 Å². The fraction of sp³-hybridized carbons (Fsp3) is 0.333. The Balaban J connectivity index is 1.85. The van der Waals surface area contributed by atoms with Crippen LogP contribution in [-0.4, -0.2) is 17.0 Å². The molecule has 1 aromatic carbocycles. The molecule has 4 unspecified atom stereocenters. The van der Waals surface area contributed by atoms with Crippen LogP contribution in [0.15, 0.2) is 34.8 Å². The lowest BCUT2D eigenvalue weighted by Crippen LogP contribution is -2.36. The summed E-state index contributed by atoms with van der Waals surface area (Å²) in [4.78, 5) is 23.8. The number of aliphatic carboxylic acids is 1. The number of anilines is 1. The Morgan fingerprint density at radius 3 is 2.52 bits per heavy atom. The molecule has 2 aliphatic rings. The van der Waals surface area contributed by atoms with Crippen LogP contribution in [0, 0.1) is 29.5 Å². The number of hydrogen-bond donors (Lipinski definition) is 2. The Morgan fingerprint density at radius 1 is 1.24 bits per heavy atom. The summed E-state index contributed by atoms with van der Waals surface area (Å²) in [7, 11) is 0. The van der Waals surface area contributed by atoms with Crippen molar-refractivity contribution < 1.29 is 19.1 Å². The van der Waals surface area contributed by atoms with E-state index in [2.05, 4.69) is 21.2 Å². The summed E-state index contributed by atoms with van der Waals surface area (Å²) in [5.74, 6) is -3.53. The molecule has 0 saturated heterocycles. The summed E-state index contributed by atoms with van der Waals surface area (Å²) in [6.07, 6.45) is 4.44. The first-order chi connectivity index (χ1) is 9.99. The molecule has 110 valence electrons. The van der Waals surface area contributed by atoms with Crippen LogP contribution >= 0.6 is 15.9 Å². The molecule has 1 aromatic rings. The van der Waals surface area contributed by atoms with E-state index in [1.54, 1.807) is 6.07 Å². The average molecular weight is 354 g/mol. The molecular weight excluding hydrogens is 341 g/mol. The van der Waals surface area contributed by atoms with Gasteiger partial charge in [-0.3, -0.25) is 9.59 Å². The van der Waals surface area contributed by atoms with Crippen molar-refractivity contribution >= 4 is 33.5 Å². The molecule has 0 aliphatic heterocycles. The minimum atomic E-state index is -0.973. The number of nitrogens with one attached hydrogen (secondary N) is 1. The molecule has 0 aromatic heterocycles. The van der Waals surface area contributed by atoms with E-state index >= 15 is 0 Å². The third-order valence-corrected chi connectivity index (χ3v) is 4.92. The highest BCUT2D eigenvalue weighted by molar-refractivity contribution is 9.10. The molecule has 0 spiro atoms. The number of benzene rings is 1. The highest BCUT2D eigenvalue weighted by Crippen LogP contribution is 2.48. The zero-order chi connectivity index (χ0) is 15.1. The fourth-order valence-electron chi connectivity index (χ4n) is 3.34. The predicted octanol–water partition coefficient (Wildman–Crippen LogP) is 3.05. The molecule has 1 fully saturated rings. The van der Waals surface area contributed by atoms with Gasteiger partial charge in [0.05, 0.1) is 17.5 Å². The van der Waals surface area contributed by atoms with Crippen LogP contribution in [0.5, 0.6) is 0 Å². The number of carboxylic acids is 1. The van der Waals surface area contributed by atoms with Crippen molar-refractivity contribution in [1.82, 2.24) is 0 Å². The summed E-state index contributed by atoms with van der Waals surface area (Å²) in [5.41, 5.74) is 0.0541. The smallest absolute Gasteiger partial charge is 0.307 e. The van der Waals surface area contributed by atoms with Crippen molar-refractivity contribution in [2.45, 2.75) is 6.42 Å². The van der Waals surface area contributed by atoms with Crippen molar-refractivity contribution in [2.24, 2.45) is 23.7 Å². The second kappa shape index (κ2) is 5.26. The third-order valence-electron chi connectivity index (χ3n) is 4.26. The molecule has 4 atom stereocenters. The molecule has 3 rings (SSSR count). The van der Waals surface area contributed by atoms with E-state index in [1.807, 2.05) is 12.2 Å². The Morgan fingerprint density at radius 2 is 1.90 bits per heavy atom. The van der Waals surface area contributed by atoms with E-state index in [9.17, 15) is 19.1 Å². The summed E-state index contributed by atoms with van der Waals surface area (Å²) in [6.45, 7) is 0. The summed E-state index contributed by atoms with van der Waals surface area (Å²) in [5, 5.41) is 11.9. The molecule has 0 heterocycles. The maximum atomic E-state index is 13.8. The Bertz CT molecular complexity index is 626. The van der Waals surface area contributed by atoms with E-state index in [0.29, 0.717) is 10.9 Å². The minimum absolute atomic E-state index is 0.0541. The second-order valence-electron chi connectivity index (χ2n) is 5.42. The first kappa shape index (κ1) is 14.3. The molecule has 1 amide bonds. The Kier molecular flexibility index (Phi) is 3.57.